The highest BCUT2D eigenvalue weighted by molar-refractivity contribution is 5.89. The van der Waals surface area contributed by atoms with E-state index in [9.17, 15) is 14.7 Å². The van der Waals surface area contributed by atoms with Gasteiger partial charge in [-0.3, -0.25) is 4.79 Å². The molecule has 1 aliphatic rings. The van der Waals surface area contributed by atoms with Crippen LogP contribution in [-0.4, -0.2) is 64.3 Å². The number of nitrogens with one attached hydrogen (secondary N) is 1. The molecule has 1 fully saturated rings. The van der Waals surface area contributed by atoms with Gasteiger partial charge in [-0.05, 0) is 55.5 Å². The van der Waals surface area contributed by atoms with Crippen molar-refractivity contribution in [3.05, 3.63) is 60.3 Å². The number of aliphatic hydroxyl groups is 1. The van der Waals surface area contributed by atoms with Crippen LogP contribution in [-0.2, 0) is 9.53 Å². The number of likely N-dealkylation sites (tertiary alicyclic amines) is 1. The van der Waals surface area contributed by atoms with Crippen LogP contribution in [0.2, 0.25) is 0 Å². The number of hydrogen-bond donors (Lipinski definition) is 3. The molecule has 2 aromatic carbocycles. The number of rotatable bonds is 7. The Kier molecular flexibility index (Phi) is 7.65. The van der Waals surface area contributed by atoms with E-state index in [0.29, 0.717) is 54.6 Å². The SMILES string of the molecule is COC(=O)c1ccc(Nc2nccc(-c3ccc(OC4CCN(C(=O)[C@@H](C)O)CC4)c(N)c3)n2)cc1. The molecule has 0 unspecified atom stereocenters. The van der Waals surface area contributed by atoms with E-state index in [2.05, 4.69) is 15.3 Å². The highest BCUT2D eigenvalue weighted by Gasteiger charge is 2.26. The lowest BCUT2D eigenvalue weighted by Gasteiger charge is -2.33. The zero-order valence-electron chi connectivity index (χ0n) is 20.2. The van der Waals surface area contributed by atoms with Crippen molar-refractivity contribution in [1.82, 2.24) is 14.9 Å². The lowest BCUT2D eigenvalue weighted by Crippen LogP contribution is -2.45. The Morgan fingerprint density at radius 1 is 1.14 bits per heavy atom. The van der Waals surface area contributed by atoms with Crippen molar-refractivity contribution in [2.24, 2.45) is 0 Å². The molecule has 0 aliphatic carbocycles. The summed E-state index contributed by atoms with van der Waals surface area (Å²) in [5.41, 5.74) is 9.44. The number of hydrogen-bond acceptors (Lipinski definition) is 9. The number of aromatic nitrogens is 2. The first-order valence-electron chi connectivity index (χ1n) is 11.7. The zero-order chi connectivity index (χ0) is 25.7. The molecule has 0 spiro atoms. The lowest BCUT2D eigenvalue weighted by atomic mass is 10.1. The van der Waals surface area contributed by atoms with E-state index in [4.69, 9.17) is 15.2 Å². The summed E-state index contributed by atoms with van der Waals surface area (Å²) < 4.78 is 10.8. The standard InChI is InChI=1S/C26H29N5O5/c1-16(32)24(33)31-13-10-20(11-14-31)36-23-8-5-18(15-21(23)27)22-9-12-28-26(30-22)29-19-6-3-17(4-7-19)25(34)35-2/h3-9,12,15-16,20,32H,10-11,13-14,27H2,1-2H3,(H,28,29,30)/t16-/m1/s1. The van der Waals surface area contributed by atoms with Crippen LogP contribution in [0.1, 0.15) is 30.1 Å². The van der Waals surface area contributed by atoms with Crippen LogP contribution in [0.3, 0.4) is 0 Å². The normalized spacial score (nSPS) is 14.7. The Bertz CT molecular complexity index is 1220. The molecule has 1 aromatic heterocycles. The van der Waals surface area contributed by atoms with Crippen LogP contribution in [0.5, 0.6) is 5.75 Å². The van der Waals surface area contributed by atoms with Gasteiger partial charge in [0.2, 0.25) is 5.95 Å². The molecule has 1 saturated heterocycles. The maximum Gasteiger partial charge on any atom is 0.337 e. The molecule has 0 saturated carbocycles. The van der Waals surface area contributed by atoms with E-state index in [1.54, 1.807) is 47.5 Å². The molecule has 1 atom stereocenters. The number of nitrogens with zero attached hydrogens (tertiary/aromatic N) is 3. The second kappa shape index (κ2) is 11.0. The number of piperidine rings is 1. The summed E-state index contributed by atoms with van der Waals surface area (Å²) in [4.78, 5) is 34.0. The van der Waals surface area contributed by atoms with Crippen molar-refractivity contribution in [2.45, 2.75) is 32.0 Å². The number of carbonyl (C=O) groups excluding carboxylic acids is 2. The van der Waals surface area contributed by atoms with Crippen molar-refractivity contribution < 1.29 is 24.2 Å². The summed E-state index contributed by atoms with van der Waals surface area (Å²) in [5, 5.41) is 12.6. The van der Waals surface area contributed by atoms with Gasteiger partial charge in [0.1, 0.15) is 18.0 Å². The fourth-order valence-electron chi connectivity index (χ4n) is 3.97. The second-order valence-electron chi connectivity index (χ2n) is 8.53. The predicted molar refractivity (Wildman–Crippen MR) is 135 cm³/mol. The van der Waals surface area contributed by atoms with Gasteiger partial charge >= 0.3 is 5.97 Å². The van der Waals surface area contributed by atoms with Gasteiger partial charge in [0, 0.05) is 43.4 Å². The van der Waals surface area contributed by atoms with E-state index in [1.165, 1.54) is 14.0 Å². The maximum atomic E-state index is 11.9. The van der Waals surface area contributed by atoms with Crippen LogP contribution in [0.15, 0.2) is 54.7 Å². The predicted octanol–water partition coefficient (Wildman–Crippen LogP) is 3.01. The number of aliphatic hydroxyl groups excluding tert-OH is 1. The van der Waals surface area contributed by atoms with Crippen molar-refractivity contribution in [3.8, 4) is 17.0 Å². The molecule has 4 N–H and O–H groups in total. The average Bonchev–Trinajstić information content (AvgIpc) is 2.90. The molecule has 2 heterocycles. The molecule has 3 aromatic rings. The largest absolute Gasteiger partial charge is 0.488 e. The van der Waals surface area contributed by atoms with Gasteiger partial charge in [0.25, 0.3) is 5.91 Å². The third-order valence-electron chi connectivity index (χ3n) is 5.93. The van der Waals surface area contributed by atoms with E-state index >= 15 is 0 Å². The molecular weight excluding hydrogens is 462 g/mol. The molecular formula is C26H29N5O5. The molecule has 1 aliphatic heterocycles. The molecule has 4 rings (SSSR count). The number of carbonyl (C=O) groups is 2. The number of nitrogen functional groups attached to an aromatic ring is 1. The van der Waals surface area contributed by atoms with E-state index < -0.39 is 12.1 Å². The summed E-state index contributed by atoms with van der Waals surface area (Å²) in [6.45, 7) is 2.55. The Hall–Kier alpha value is -4.18. The zero-order valence-corrected chi connectivity index (χ0v) is 20.2. The summed E-state index contributed by atoms with van der Waals surface area (Å²) >= 11 is 0. The fraction of sp³-hybridized carbons (Fsp3) is 0.308. The van der Waals surface area contributed by atoms with Gasteiger partial charge in [-0.1, -0.05) is 0 Å². The number of esters is 1. The molecule has 0 radical (unpaired) electrons. The molecule has 0 bridgehead atoms. The molecule has 36 heavy (non-hydrogen) atoms. The van der Waals surface area contributed by atoms with Gasteiger partial charge in [-0.25, -0.2) is 14.8 Å². The minimum Gasteiger partial charge on any atom is -0.488 e. The van der Waals surface area contributed by atoms with E-state index in [-0.39, 0.29) is 12.0 Å². The van der Waals surface area contributed by atoms with Gasteiger partial charge in [0.15, 0.2) is 0 Å². The van der Waals surface area contributed by atoms with Crippen LogP contribution in [0.25, 0.3) is 11.3 Å². The van der Waals surface area contributed by atoms with Crippen LogP contribution >= 0.6 is 0 Å². The first-order valence-corrected chi connectivity index (χ1v) is 11.7. The minimum absolute atomic E-state index is 0.0587. The highest BCUT2D eigenvalue weighted by atomic mass is 16.5. The van der Waals surface area contributed by atoms with Crippen molar-refractivity contribution in [3.63, 3.8) is 0 Å². The summed E-state index contributed by atoms with van der Waals surface area (Å²) in [6, 6.07) is 14.1. The third kappa shape index (κ3) is 5.89. The Morgan fingerprint density at radius 3 is 2.50 bits per heavy atom. The monoisotopic (exact) mass is 491 g/mol. The number of anilines is 3. The number of methoxy groups -OCH3 is 1. The number of nitrogens with two attached hydrogens (primary N) is 1. The maximum absolute atomic E-state index is 11.9. The average molecular weight is 492 g/mol. The fourth-order valence-corrected chi connectivity index (χ4v) is 3.97. The van der Waals surface area contributed by atoms with Crippen LogP contribution in [0, 0.1) is 0 Å². The molecule has 1 amide bonds. The lowest BCUT2D eigenvalue weighted by molar-refractivity contribution is -0.141. The summed E-state index contributed by atoms with van der Waals surface area (Å²) in [5.74, 6) is 0.323. The smallest absolute Gasteiger partial charge is 0.337 e. The highest BCUT2D eigenvalue weighted by Crippen LogP contribution is 2.30. The van der Waals surface area contributed by atoms with E-state index in [0.717, 1.165) is 11.3 Å². The van der Waals surface area contributed by atoms with Gasteiger partial charge in [-0.2, -0.15) is 0 Å². The quantitative estimate of drug-likeness (QED) is 0.336. The number of benzene rings is 2. The first kappa shape index (κ1) is 24.9. The Morgan fingerprint density at radius 2 is 1.86 bits per heavy atom. The third-order valence-corrected chi connectivity index (χ3v) is 5.93. The molecule has 10 heteroatoms. The Balaban J connectivity index is 1.40. The number of amides is 1. The van der Waals surface area contributed by atoms with Gasteiger partial charge < -0.3 is 30.5 Å². The van der Waals surface area contributed by atoms with Gasteiger partial charge in [0.05, 0.1) is 24.1 Å². The second-order valence-corrected chi connectivity index (χ2v) is 8.53. The minimum atomic E-state index is -0.990. The van der Waals surface area contributed by atoms with Crippen molar-refractivity contribution in [2.75, 3.05) is 31.2 Å². The summed E-state index contributed by atoms with van der Waals surface area (Å²) in [6.07, 6.45) is 1.94. The van der Waals surface area contributed by atoms with Gasteiger partial charge in [-0.15, -0.1) is 0 Å². The molecule has 188 valence electrons. The number of ether oxygens (including phenoxy) is 2. The topological polar surface area (TPSA) is 140 Å². The van der Waals surface area contributed by atoms with Crippen molar-refractivity contribution in [1.29, 1.82) is 0 Å². The first-order chi connectivity index (χ1) is 17.3. The van der Waals surface area contributed by atoms with Crippen LogP contribution in [0.4, 0.5) is 17.3 Å². The molecule has 10 nitrogen and oxygen atoms in total. The Labute approximate surface area is 209 Å². The van der Waals surface area contributed by atoms with Crippen LogP contribution < -0.4 is 15.8 Å². The van der Waals surface area contributed by atoms with E-state index in [1.807, 2.05) is 12.1 Å². The van der Waals surface area contributed by atoms with Crippen molar-refractivity contribution >= 4 is 29.2 Å². The summed E-state index contributed by atoms with van der Waals surface area (Å²) in [7, 11) is 1.34.